The third-order valence-corrected chi connectivity index (χ3v) is 3.86. The number of carbonyl (C=O) groups excluding carboxylic acids is 1. The van der Waals surface area contributed by atoms with Gasteiger partial charge in [0.15, 0.2) is 0 Å². The van der Waals surface area contributed by atoms with Crippen molar-refractivity contribution in [2.75, 3.05) is 11.9 Å². The molecule has 1 aromatic carbocycles. The molecule has 0 bridgehead atoms. The number of benzene rings is 1. The fraction of sp³-hybridized carbons (Fsp3) is 0.333. The highest BCUT2D eigenvalue weighted by Crippen LogP contribution is 2.24. The summed E-state index contributed by atoms with van der Waals surface area (Å²) in [6.07, 6.45) is 1.21. The molecular formula is C15H19N3O2S. The number of aromatic nitrogens is 1. The average Bonchev–Trinajstić information content (AvgIpc) is 2.99. The lowest BCUT2D eigenvalue weighted by Gasteiger charge is -2.15. The van der Waals surface area contributed by atoms with Crippen LogP contribution in [0.5, 0.6) is 0 Å². The maximum Gasteiger partial charge on any atom is 0.319 e. The maximum atomic E-state index is 11.8. The van der Waals surface area contributed by atoms with Gasteiger partial charge in [0, 0.05) is 29.4 Å². The maximum absolute atomic E-state index is 11.8. The fourth-order valence-corrected chi connectivity index (χ4v) is 2.34. The molecule has 0 aliphatic rings. The molecule has 0 fully saturated rings. The summed E-state index contributed by atoms with van der Waals surface area (Å²) >= 11 is 1.55. The summed E-state index contributed by atoms with van der Waals surface area (Å²) in [5, 5.41) is 17.9. The summed E-state index contributed by atoms with van der Waals surface area (Å²) in [5.74, 6) is 0.110. The van der Waals surface area contributed by atoms with Crippen LogP contribution < -0.4 is 10.6 Å². The molecule has 0 saturated heterocycles. The third-order valence-electron chi connectivity index (χ3n) is 3.04. The number of carbonyl (C=O) groups is 1. The molecule has 0 unspecified atom stereocenters. The Morgan fingerprint density at radius 1 is 1.43 bits per heavy atom. The van der Waals surface area contributed by atoms with Gasteiger partial charge in [0.05, 0.1) is 6.10 Å². The van der Waals surface area contributed by atoms with Gasteiger partial charge in [0.25, 0.3) is 0 Å². The van der Waals surface area contributed by atoms with E-state index in [9.17, 15) is 9.90 Å². The smallest absolute Gasteiger partial charge is 0.319 e. The number of anilines is 1. The Bertz CT molecular complexity index is 584. The van der Waals surface area contributed by atoms with Crippen molar-refractivity contribution >= 4 is 23.1 Å². The molecule has 1 atom stereocenters. The molecule has 0 aliphatic heterocycles. The van der Waals surface area contributed by atoms with Gasteiger partial charge in [0.1, 0.15) is 5.01 Å². The topological polar surface area (TPSA) is 74.2 Å². The molecular weight excluding hydrogens is 286 g/mol. The fourth-order valence-electron chi connectivity index (χ4n) is 1.70. The number of nitrogens with zero attached hydrogens (tertiary/aromatic N) is 1. The molecule has 2 aromatic rings. The molecule has 5 nitrogen and oxygen atoms in total. The Balaban J connectivity index is 1.94. The first kappa shape index (κ1) is 15.5. The van der Waals surface area contributed by atoms with E-state index in [1.165, 1.54) is 0 Å². The number of thiazole rings is 1. The summed E-state index contributed by atoms with van der Waals surface area (Å²) < 4.78 is 0. The van der Waals surface area contributed by atoms with E-state index in [0.717, 1.165) is 10.6 Å². The van der Waals surface area contributed by atoms with Crippen LogP contribution >= 0.6 is 11.3 Å². The minimum Gasteiger partial charge on any atom is -0.391 e. The quantitative estimate of drug-likeness (QED) is 0.795. The minimum atomic E-state index is -0.544. The monoisotopic (exact) mass is 305 g/mol. The molecule has 0 spiro atoms. The van der Waals surface area contributed by atoms with Crippen LogP contribution in [0.2, 0.25) is 0 Å². The predicted octanol–water partition coefficient (Wildman–Crippen LogP) is 2.95. The molecule has 0 aliphatic carbocycles. The van der Waals surface area contributed by atoms with Crippen LogP contribution in [0.3, 0.4) is 0 Å². The van der Waals surface area contributed by atoms with Crippen molar-refractivity contribution in [2.24, 2.45) is 5.92 Å². The van der Waals surface area contributed by atoms with Crippen molar-refractivity contribution in [3.63, 3.8) is 0 Å². The first-order chi connectivity index (χ1) is 10.1. The zero-order valence-corrected chi connectivity index (χ0v) is 12.9. The standard InChI is InChI=1S/C15H19N3O2S/c1-10(2)13(19)9-17-15(20)18-12-5-3-4-11(8-12)14-16-6-7-21-14/h3-8,10,13,19H,9H2,1-2H3,(H2,17,18,20)/t13-/m0/s1. The minimum absolute atomic E-state index is 0.110. The number of aliphatic hydroxyl groups is 1. The Labute approximate surface area is 128 Å². The average molecular weight is 305 g/mol. The summed E-state index contributed by atoms with van der Waals surface area (Å²) in [6.45, 7) is 4.04. The van der Waals surface area contributed by atoms with Gasteiger partial charge in [-0.1, -0.05) is 26.0 Å². The third kappa shape index (κ3) is 4.54. The number of rotatable bonds is 5. The Kier molecular flexibility index (Phi) is 5.30. The van der Waals surface area contributed by atoms with Crippen LogP contribution in [0.15, 0.2) is 35.8 Å². The Morgan fingerprint density at radius 2 is 2.24 bits per heavy atom. The van der Waals surface area contributed by atoms with Gasteiger partial charge in [-0.25, -0.2) is 9.78 Å². The number of amides is 2. The highest BCUT2D eigenvalue weighted by Gasteiger charge is 2.11. The molecule has 6 heteroatoms. The first-order valence-corrected chi connectivity index (χ1v) is 7.67. The number of hydrogen-bond acceptors (Lipinski definition) is 4. The van der Waals surface area contributed by atoms with E-state index in [0.29, 0.717) is 5.69 Å². The molecule has 2 rings (SSSR count). The van der Waals surface area contributed by atoms with Crippen molar-refractivity contribution in [1.29, 1.82) is 0 Å². The van der Waals surface area contributed by atoms with Gasteiger partial charge in [-0.2, -0.15) is 0 Å². The normalized spacial score (nSPS) is 12.2. The Hall–Kier alpha value is -1.92. The second-order valence-corrected chi connectivity index (χ2v) is 5.96. The van der Waals surface area contributed by atoms with Crippen LogP contribution in [0, 0.1) is 5.92 Å². The Morgan fingerprint density at radius 3 is 2.90 bits per heavy atom. The highest BCUT2D eigenvalue weighted by molar-refractivity contribution is 7.13. The second kappa shape index (κ2) is 7.19. The van der Waals surface area contributed by atoms with E-state index in [4.69, 9.17) is 0 Å². The molecule has 2 amide bonds. The van der Waals surface area contributed by atoms with E-state index >= 15 is 0 Å². The van der Waals surface area contributed by atoms with Gasteiger partial charge < -0.3 is 15.7 Å². The lowest BCUT2D eigenvalue weighted by Crippen LogP contribution is -2.37. The molecule has 112 valence electrons. The van der Waals surface area contributed by atoms with Crippen molar-refractivity contribution < 1.29 is 9.90 Å². The van der Waals surface area contributed by atoms with E-state index in [1.807, 2.05) is 43.5 Å². The highest BCUT2D eigenvalue weighted by atomic mass is 32.1. The van der Waals surface area contributed by atoms with E-state index in [1.54, 1.807) is 17.5 Å². The van der Waals surface area contributed by atoms with Crippen LogP contribution in [0.25, 0.3) is 10.6 Å². The van der Waals surface area contributed by atoms with Crippen LogP contribution in [-0.4, -0.2) is 28.8 Å². The van der Waals surface area contributed by atoms with Gasteiger partial charge in [-0.3, -0.25) is 0 Å². The predicted molar refractivity (Wildman–Crippen MR) is 85.4 cm³/mol. The van der Waals surface area contributed by atoms with E-state index in [2.05, 4.69) is 15.6 Å². The van der Waals surface area contributed by atoms with Crippen molar-refractivity contribution in [3.8, 4) is 10.6 Å². The van der Waals surface area contributed by atoms with Crippen LogP contribution in [-0.2, 0) is 0 Å². The van der Waals surface area contributed by atoms with Crippen LogP contribution in [0.1, 0.15) is 13.8 Å². The molecule has 0 saturated carbocycles. The summed E-state index contributed by atoms with van der Waals surface area (Å²) in [7, 11) is 0. The number of aliphatic hydroxyl groups excluding tert-OH is 1. The van der Waals surface area contributed by atoms with Gasteiger partial charge in [-0.15, -0.1) is 11.3 Å². The van der Waals surface area contributed by atoms with Crippen LogP contribution in [0.4, 0.5) is 10.5 Å². The molecule has 3 N–H and O–H groups in total. The van der Waals surface area contributed by atoms with E-state index < -0.39 is 6.10 Å². The van der Waals surface area contributed by atoms with E-state index in [-0.39, 0.29) is 18.5 Å². The van der Waals surface area contributed by atoms with Gasteiger partial charge >= 0.3 is 6.03 Å². The van der Waals surface area contributed by atoms with Gasteiger partial charge in [0.2, 0.25) is 0 Å². The zero-order chi connectivity index (χ0) is 15.2. The first-order valence-electron chi connectivity index (χ1n) is 6.79. The summed E-state index contributed by atoms with van der Waals surface area (Å²) in [5.41, 5.74) is 1.66. The second-order valence-electron chi connectivity index (χ2n) is 5.06. The SMILES string of the molecule is CC(C)[C@@H](O)CNC(=O)Nc1cccc(-c2nccs2)c1. The number of nitrogens with one attached hydrogen (secondary N) is 2. The molecule has 1 heterocycles. The lowest BCUT2D eigenvalue weighted by molar-refractivity contribution is 0.126. The summed E-state index contributed by atoms with van der Waals surface area (Å²) in [6, 6.07) is 7.18. The number of urea groups is 1. The van der Waals surface area contributed by atoms with Gasteiger partial charge in [-0.05, 0) is 18.1 Å². The zero-order valence-electron chi connectivity index (χ0n) is 12.0. The summed E-state index contributed by atoms with van der Waals surface area (Å²) in [4.78, 5) is 16.0. The molecule has 0 radical (unpaired) electrons. The largest absolute Gasteiger partial charge is 0.391 e. The molecule has 1 aromatic heterocycles. The van der Waals surface area contributed by atoms with Crippen molar-refractivity contribution in [2.45, 2.75) is 20.0 Å². The van der Waals surface area contributed by atoms with Crippen molar-refractivity contribution in [1.82, 2.24) is 10.3 Å². The van der Waals surface area contributed by atoms with Crippen molar-refractivity contribution in [3.05, 3.63) is 35.8 Å². The lowest BCUT2D eigenvalue weighted by atomic mass is 10.1. The number of hydrogen-bond donors (Lipinski definition) is 3. The molecule has 21 heavy (non-hydrogen) atoms.